The Labute approximate surface area is 268 Å². The molecule has 3 aromatic rings. The summed E-state index contributed by atoms with van der Waals surface area (Å²) < 4.78 is 9.90. The van der Waals surface area contributed by atoms with Crippen LogP contribution in [0, 0.1) is 11.8 Å². The van der Waals surface area contributed by atoms with Gasteiger partial charge in [-0.05, 0) is 67.4 Å². The highest BCUT2D eigenvalue weighted by atomic mass is 79.9. The van der Waals surface area contributed by atoms with Crippen molar-refractivity contribution in [3.05, 3.63) is 84.4 Å². The summed E-state index contributed by atoms with van der Waals surface area (Å²) >= 11 is 5.35. The number of thioether (sulfide) groups is 1. The van der Waals surface area contributed by atoms with Crippen molar-refractivity contribution in [3.63, 3.8) is 0 Å². The maximum Gasteiger partial charge on any atom is 0.248 e. The standard InChI is InChI=1S/C33H34BrN3O6S/c1-3-43-23-15-11-20(12-16-23)35-30(39)26-27-32(41)37(25(18-38)19-7-5-4-6-8-19)29(33(27)17-24(34)28(26)44-33)31(40)36-21-9-13-22(42-2)14-10-21/h4-16,24-29,38H,3,17-18H2,1-2H3,(H,35,39)(H,36,40)/t24?,25-,26-,27+,28-,29?,33?/m1/s1. The molecule has 11 heteroatoms. The molecule has 230 valence electrons. The van der Waals surface area contributed by atoms with E-state index in [1.165, 1.54) is 4.90 Å². The Balaban J connectivity index is 1.37. The monoisotopic (exact) mass is 679 g/mol. The molecule has 3 heterocycles. The molecule has 0 saturated carbocycles. The largest absolute Gasteiger partial charge is 0.497 e. The number of carbonyl (C=O) groups excluding carboxylic acids is 3. The molecule has 3 fully saturated rings. The molecule has 0 aliphatic carbocycles. The van der Waals surface area contributed by atoms with Crippen molar-refractivity contribution in [2.24, 2.45) is 11.8 Å². The lowest BCUT2D eigenvalue weighted by atomic mass is 9.70. The first-order chi connectivity index (χ1) is 21.3. The molecule has 3 amide bonds. The Hall–Kier alpha value is -3.54. The number of anilines is 2. The van der Waals surface area contributed by atoms with Gasteiger partial charge in [-0.1, -0.05) is 46.3 Å². The van der Waals surface area contributed by atoms with Crippen LogP contribution < -0.4 is 20.1 Å². The Kier molecular flexibility index (Phi) is 8.63. The summed E-state index contributed by atoms with van der Waals surface area (Å²) in [7, 11) is 1.57. The third kappa shape index (κ3) is 5.24. The van der Waals surface area contributed by atoms with Crippen molar-refractivity contribution in [1.29, 1.82) is 0 Å². The molecule has 3 N–H and O–H groups in total. The fourth-order valence-electron chi connectivity index (χ4n) is 6.94. The molecule has 7 atom stereocenters. The number of aliphatic hydroxyl groups is 1. The van der Waals surface area contributed by atoms with Gasteiger partial charge >= 0.3 is 0 Å². The average Bonchev–Trinajstić information content (AvgIpc) is 3.63. The average molecular weight is 681 g/mol. The van der Waals surface area contributed by atoms with Crippen molar-refractivity contribution in [1.82, 2.24) is 4.90 Å². The van der Waals surface area contributed by atoms with Crippen LogP contribution in [0.15, 0.2) is 78.9 Å². The maximum atomic E-state index is 14.6. The second-order valence-electron chi connectivity index (χ2n) is 11.2. The van der Waals surface area contributed by atoms with E-state index in [4.69, 9.17) is 9.47 Å². The van der Waals surface area contributed by atoms with Gasteiger partial charge in [0.1, 0.15) is 17.5 Å². The minimum atomic E-state index is -0.933. The lowest BCUT2D eigenvalue weighted by Crippen LogP contribution is -2.53. The minimum Gasteiger partial charge on any atom is -0.497 e. The van der Waals surface area contributed by atoms with Crippen molar-refractivity contribution in [2.75, 3.05) is 31.0 Å². The number of hydrogen-bond acceptors (Lipinski definition) is 7. The normalized spacial score (nSPS) is 27.5. The fraction of sp³-hybridized carbons (Fsp3) is 0.364. The highest BCUT2D eigenvalue weighted by Crippen LogP contribution is 2.68. The first kappa shape index (κ1) is 30.5. The van der Waals surface area contributed by atoms with E-state index in [2.05, 4.69) is 26.6 Å². The lowest BCUT2D eigenvalue weighted by Gasteiger charge is -2.37. The first-order valence-corrected chi connectivity index (χ1v) is 16.4. The molecule has 3 aliphatic rings. The van der Waals surface area contributed by atoms with E-state index < -0.39 is 28.7 Å². The van der Waals surface area contributed by atoms with Gasteiger partial charge in [-0.3, -0.25) is 14.4 Å². The number of amides is 3. The maximum absolute atomic E-state index is 14.6. The summed E-state index contributed by atoms with van der Waals surface area (Å²) in [5.74, 6) is -1.02. The van der Waals surface area contributed by atoms with Crippen LogP contribution in [0.25, 0.3) is 0 Å². The van der Waals surface area contributed by atoms with Gasteiger partial charge in [-0.15, -0.1) is 11.8 Å². The number of carbonyl (C=O) groups is 3. The second-order valence-corrected chi connectivity index (χ2v) is 13.9. The number of benzene rings is 3. The molecule has 0 aromatic heterocycles. The zero-order valence-electron chi connectivity index (χ0n) is 24.3. The number of fused-ring (bicyclic) bond motifs is 1. The van der Waals surface area contributed by atoms with Gasteiger partial charge in [0.15, 0.2) is 0 Å². The molecule has 6 rings (SSSR count). The number of ether oxygens (including phenoxy) is 2. The summed E-state index contributed by atoms with van der Waals surface area (Å²) in [6, 6.07) is 21.6. The van der Waals surface area contributed by atoms with Gasteiger partial charge in [0.25, 0.3) is 0 Å². The third-order valence-electron chi connectivity index (χ3n) is 8.76. The van der Waals surface area contributed by atoms with Gasteiger partial charge in [-0.25, -0.2) is 0 Å². The van der Waals surface area contributed by atoms with Gasteiger partial charge in [0.05, 0.1) is 42.9 Å². The smallest absolute Gasteiger partial charge is 0.248 e. The van der Waals surface area contributed by atoms with E-state index in [-0.39, 0.29) is 34.4 Å². The van der Waals surface area contributed by atoms with Crippen molar-refractivity contribution in [3.8, 4) is 11.5 Å². The van der Waals surface area contributed by atoms with E-state index in [1.54, 1.807) is 67.4 Å². The highest BCUT2D eigenvalue weighted by Gasteiger charge is 2.76. The van der Waals surface area contributed by atoms with E-state index in [0.29, 0.717) is 41.5 Å². The van der Waals surface area contributed by atoms with Crippen molar-refractivity contribution >= 4 is 56.8 Å². The number of nitrogens with zero attached hydrogens (tertiary/aromatic N) is 1. The van der Waals surface area contributed by atoms with Gasteiger partial charge in [0, 0.05) is 21.5 Å². The van der Waals surface area contributed by atoms with Gasteiger partial charge in [0.2, 0.25) is 17.7 Å². The quantitative estimate of drug-likeness (QED) is 0.262. The molecule has 2 bridgehead atoms. The molecule has 0 radical (unpaired) electrons. The van der Waals surface area contributed by atoms with Crippen LogP contribution in [0.4, 0.5) is 11.4 Å². The second kappa shape index (κ2) is 12.5. The van der Waals surface area contributed by atoms with Gasteiger partial charge < -0.3 is 30.1 Å². The highest BCUT2D eigenvalue weighted by molar-refractivity contribution is 9.09. The minimum absolute atomic E-state index is 0.0897. The lowest BCUT2D eigenvalue weighted by molar-refractivity contribution is -0.141. The number of likely N-dealkylation sites (tertiary alicyclic amines) is 1. The van der Waals surface area contributed by atoms with E-state index in [0.717, 1.165) is 0 Å². The first-order valence-electron chi connectivity index (χ1n) is 14.6. The van der Waals surface area contributed by atoms with Gasteiger partial charge in [-0.2, -0.15) is 0 Å². The number of hydrogen-bond donors (Lipinski definition) is 3. The summed E-state index contributed by atoms with van der Waals surface area (Å²) in [4.78, 5) is 44.3. The van der Waals surface area contributed by atoms with Crippen LogP contribution in [-0.2, 0) is 14.4 Å². The van der Waals surface area contributed by atoms with Crippen LogP contribution in [0.3, 0.4) is 0 Å². The van der Waals surface area contributed by atoms with Crippen molar-refractivity contribution < 1.29 is 29.0 Å². The van der Waals surface area contributed by atoms with Crippen LogP contribution in [0.1, 0.15) is 24.9 Å². The molecule has 3 aromatic carbocycles. The fourth-order valence-corrected chi connectivity index (χ4v) is 10.5. The third-order valence-corrected chi connectivity index (χ3v) is 12.0. The molecule has 3 unspecified atom stereocenters. The topological polar surface area (TPSA) is 117 Å². The Morgan fingerprint density at radius 2 is 1.61 bits per heavy atom. The molecule has 3 aliphatic heterocycles. The number of nitrogens with one attached hydrogen (secondary N) is 2. The van der Waals surface area contributed by atoms with E-state index in [9.17, 15) is 19.5 Å². The SMILES string of the molecule is CCOc1ccc(NC(=O)[C@H]2[C@@H]3SC4(CC3Br)C(C(=O)Nc3ccc(OC)cc3)N([C@H](CO)c3ccccc3)C(=O)[C@H]24)cc1. The Morgan fingerprint density at radius 3 is 2.20 bits per heavy atom. The number of methoxy groups -OCH3 is 1. The van der Waals surface area contributed by atoms with Crippen LogP contribution in [-0.4, -0.2) is 68.9 Å². The van der Waals surface area contributed by atoms with E-state index >= 15 is 0 Å². The number of halogens is 1. The Bertz CT molecular complexity index is 1520. The summed E-state index contributed by atoms with van der Waals surface area (Å²) in [6.07, 6.45) is 0.524. The molecule has 44 heavy (non-hydrogen) atoms. The Morgan fingerprint density at radius 1 is 1.00 bits per heavy atom. The number of alkyl halides is 1. The summed E-state index contributed by atoms with van der Waals surface area (Å²) in [5, 5.41) is 16.5. The molecular weight excluding hydrogens is 646 g/mol. The number of rotatable bonds is 10. The summed E-state index contributed by atoms with van der Waals surface area (Å²) in [6.45, 7) is 2.06. The zero-order chi connectivity index (χ0) is 31.0. The van der Waals surface area contributed by atoms with Crippen LogP contribution in [0.2, 0.25) is 0 Å². The predicted octanol–water partition coefficient (Wildman–Crippen LogP) is 4.87. The summed E-state index contributed by atoms with van der Waals surface area (Å²) in [5.41, 5.74) is 1.87. The molecular formula is C33H34BrN3O6S. The predicted molar refractivity (Wildman–Crippen MR) is 173 cm³/mol. The number of aliphatic hydroxyl groups excluding tert-OH is 1. The van der Waals surface area contributed by atoms with E-state index in [1.807, 2.05) is 37.3 Å². The van der Waals surface area contributed by atoms with Crippen molar-refractivity contribution in [2.45, 2.75) is 40.3 Å². The zero-order valence-corrected chi connectivity index (χ0v) is 26.7. The molecule has 3 saturated heterocycles. The molecule has 9 nitrogen and oxygen atoms in total. The van der Waals surface area contributed by atoms with Crippen LogP contribution >= 0.6 is 27.7 Å². The molecule has 1 spiro atoms. The van der Waals surface area contributed by atoms with Crippen LogP contribution in [0.5, 0.6) is 11.5 Å².